The Balaban J connectivity index is 1.60. The van der Waals surface area contributed by atoms with Gasteiger partial charge in [-0.15, -0.1) is 11.7 Å². The van der Waals surface area contributed by atoms with Gasteiger partial charge in [-0.1, -0.05) is 18.2 Å². The molecule has 0 aliphatic carbocycles. The third-order valence-electron chi connectivity index (χ3n) is 4.28. The molecule has 2 aromatic rings. The molecule has 23 heavy (non-hydrogen) atoms. The molecule has 0 N–H and O–H groups in total. The maximum absolute atomic E-state index is 12.5. The van der Waals surface area contributed by atoms with Gasteiger partial charge in [-0.2, -0.15) is 0 Å². The van der Waals surface area contributed by atoms with Crippen molar-refractivity contribution in [1.82, 2.24) is 25.1 Å². The molecule has 6 heteroatoms. The highest BCUT2D eigenvalue weighted by molar-refractivity contribution is 5.79. The number of likely N-dealkylation sites (tertiary alicyclic amines) is 1. The monoisotopic (exact) mass is 311 g/mol. The van der Waals surface area contributed by atoms with Crippen LogP contribution in [0.1, 0.15) is 24.8 Å². The number of benzene rings is 1. The van der Waals surface area contributed by atoms with Crippen molar-refractivity contribution in [3.05, 3.63) is 48.8 Å². The Morgan fingerprint density at radius 2 is 2.17 bits per heavy atom. The molecular weight excluding hydrogens is 290 g/mol. The molecule has 1 unspecified atom stereocenters. The summed E-state index contributed by atoms with van der Waals surface area (Å²) in [5.41, 5.74) is 1.90. The SMILES string of the molecule is C=CCC1CCCN(C(=O)Cc2ccc(-n3cnnn3)cc2)C1. The molecule has 0 bridgehead atoms. The van der Waals surface area contributed by atoms with Crippen molar-refractivity contribution in [2.45, 2.75) is 25.7 Å². The average Bonchev–Trinajstić information content (AvgIpc) is 3.11. The molecule has 1 aromatic carbocycles. The van der Waals surface area contributed by atoms with Crippen molar-refractivity contribution in [3.63, 3.8) is 0 Å². The summed E-state index contributed by atoms with van der Waals surface area (Å²) in [6, 6.07) is 7.77. The lowest BCUT2D eigenvalue weighted by molar-refractivity contribution is -0.132. The van der Waals surface area contributed by atoms with Gasteiger partial charge in [-0.25, -0.2) is 4.68 Å². The summed E-state index contributed by atoms with van der Waals surface area (Å²) in [6.45, 7) is 5.53. The molecule has 3 rings (SSSR count). The van der Waals surface area contributed by atoms with Crippen LogP contribution in [0.5, 0.6) is 0 Å². The van der Waals surface area contributed by atoms with Gasteiger partial charge in [0.15, 0.2) is 0 Å². The van der Waals surface area contributed by atoms with E-state index >= 15 is 0 Å². The quantitative estimate of drug-likeness (QED) is 0.793. The van der Waals surface area contributed by atoms with Crippen LogP contribution in [0, 0.1) is 5.92 Å². The first kappa shape index (κ1) is 15.4. The van der Waals surface area contributed by atoms with Crippen LogP contribution in [0.2, 0.25) is 0 Å². The van der Waals surface area contributed by atoms with E-state index in [0.29, 0.717) is 12.3 Å². The summed E-state index contributed by atoms with van der Waals surface area (Å²) >= 11 is 0. The number of allylic oxidation sites excluding steroid dienone is 1. The average molecular weight is 311 g/mol. The Labute approximate surface area is 135 Å². The lowest BCUT2D eigenvalue weighted by Gasteiger charge is -2.32. The second-order valence-corrected chi connectivity index (χ2v) is 5.97. The van der Waals surface area contributed by atoms with Crippen LogP contribution in [0.3, 0.4) is 0 Å². The number of tetrazole rings is 1. The van der Waals surface area contributed by atoms with E-state index in [1.807, 2.05) is 35.2 Å². The van der Waals surface area contributed by atoms with Crippen LogP contribution in [0.25, 0.3) is 5.69 Å². The van der Waals surface area contributed by atoms with Gasteiger partial charge in [-0.3, -0.25) is 4.79 Å². The Morgan fingerprint density at radius 1 is 1.35 bits per heavy atom. The van der Waals surface area contributed by atoms with Crippen molar-refractivity contribution in [2.24, 2.45) is 5.92 Å². The summed E-state index contributed by atoms with van der Waals surface area (Å²) in [6.07, 6.45) is 7.21. The molecular formula is C17H21N5O. The fourth-order valence-corrected chi connectivity index (χ4v) is 3.05. The molecule has 1 saturated heterocycles. The van der Waals surface area contributed by atoms with Crippen LogP contribution in [-0.4, -0.2) is 44.1 Å². The first-order valence-corrected chi connectivity index (χ1v) is 7.97. The fraction of sp³-hybridized carbons (Fsp3) is 0.412. The number of carbonyl (C=O) groups is 1. The lowest BCUT2D eigenvalue weighted by atomic mass is 9.94. The summed E-state index contributed by atoms with van der Waals surface area (Å²) < 4.78 is 1.59. The Bertz CT molecular complexity index is 650. The molecule has 6 nitrogen and oxygen atoms in total. The van der Waals surface area contributed by atoms with Gasteiger partial charge < -0.3 is 4.90 Å². The van der Waals surface area contributed by atoms with Gasteiger partial charge >= 0.3 is 0 Å². The van der Waals surface area contributed by atoms with Gasteiger partial charge in [0.05, 0.1) is 12.1 Å². The van der Waals surface area contributed by atoms with Crippen LogP contribution < -0.4 is 0 Å². The van der Waals surface area contributed by atoms with E-state index in [2.05, 4.69) is 22.1 Å². The summed E-state index contributed by atoms with van der Waals surface area (Å²) in [7, 11) is 0. The molecule has 120 valence electrons. The van der Waals surface area contributed by atoms with Gasteiger partial charge in [0.1, 0.15) is 6.33 Å². The Morgan fingerprint density at radius 3 is 2.87 bits per heavy atom. The van der Waals surface area contributed by atoms with E-state index in [4.69, 9.17) is 0 Å². The van der Waals surface area contributed by atoms with Gasteiger partial charge in [0.2, 0.25) is 5.91 Å². The molecule has 0 spiro atoms. The number of amides is 1. The predicted octanol–water partition coefficient (Wildman–Crippen LogP) is 2.02. The van der Waals surface area contributed by atoms with Crippen LogP contribution in [0.4, 0.5) is 0 Å². The molecule has 1 amide bonds. The van der Waals surface area contributed by atoms with Crippen LogP contribution >= 0.6 is 0 Å². The maximum Gasteiger partial charge on any atom is 0.226 e. The van der Waals surface area contributed by atoms with Crippen molar-refractivity contribution in [3.8, 4) is 5.69 Å². The second kappa shape index (κ2) is 7.17. The van der Waals surface area contributed by atoms with E-state index in [1.54, 1.807) is 11.0 Å². The van der Waals surface area contributed by atoms with Gasteiger partial charge in [0, 0.05) is 13.1 Å². The topological polar surface area (TPSA) is 63.9 Å². The maximum atomic E-state index is 12.5. The first-order chi connectivity index (χ1) is 11.3. The zero-order chi connectivity index (χ0) is 16.1. The summed E-state index contributed by atoms with van der Waals surface area (Å²) in [4.78, 5) is 14.5. The van der Waals surface area contributed by atoms with Crippen molar-refractivity contribution in [2.75, 3.05) is 13.1 Å². The molecule has 0 radical (unpaired) electrons. The minimum Gasteiger partial charge on any atom is -0.342 e. The number of hydrogen-bond donors (Lipinski definition) is 0. The first-order valence-electron chi connectivity index (χ1n) is 7.97. The van der Waals surface area contributed by atoms with Gasteiger partial charge in [-0.05, 0) is 53.3 Å². The minimum atomic E-state index is 0.203. The third kappa shape index (κ3) is 3.83. The standard InChI is InChI=1S/C17H21N5O/c1-2-4-15-5-3-10-21(12-15)17(23)11-14-6-8-16(9-7-14)22-13-18-19-20-22/h2,6-9,13,15H,1,3-5,10-12H2. The van der Waals surface area contributed by atoms with E-state index < -0.39 is 0 Å². The highest BCUT2D eigenvalue weighted by Crippen LogP contribution is 2.20. The Hall–Kier alpha value is -2.50. The fourth-order valence-electron chi connectivity index (χ4n) is 3.05. The molecule has 2 heterocycles. The third-order valence-corrected chi connectivity index (χ3v) is 4.28. The minimum absolute atomic E-state index is 0.203. The zero-order valence-electron chi connectivity index (χ0n) is 13.1. The number of hydrogen-bond acceptors (Lipinski definition) is 4. The largest absolute Gasteiger partial charge is 0.342 e. The number of piperidine rings is 1. The number of aromatic nitrogens is 4. The normalized spacial score (nSPS) is 17.9. The molecule has 1 aliphatic heterocycles. The highest BCUT2D eigenvalue weighted by atomic mass is 16.2. The van der Waals surface area contributed by atoms with Crippen LogP contribution in [0.15, 0.2) is 43.2 Å². The number of nitrogens with zero attached hydrogens (tertiary/aromatic N) is 5. The molecule has 1 aliphatic rings. The second-order valence-electron chi connectivity index (χ2n) is 5.97. The summed E-state index contributed by atoms with van der Waals surface area (Å²) in [5.74, 6) is 0.765. The smallest absolute Gasteiger partial charge is 0.226 e. The number of carbonyl (C=O) groups excluding carboxylic acids is 1. The van der Waals surface area contributed by atoms with E-state index in [1.165, 1.54) is 6.42 Å². The van der Waals surface area contributed by atoms with E-state index in [0.717, 1.165) is 37.2 Å². The van der Waals surface area contributed by atoms with Crippen molar-refractivity contribution < 1.29 is 4.79 Å². The van der Waals surface area contributed by atoms with Crippen molar-refractivity contribution >= 4 is 5.91 Å². The molecule has 1 atom stereocenters. The molecule has 1 fully saturated rings. The highest BCUT2D eigenvalue weighted by Gasteiger charge is 2.22. The Kier molecular flexibility index (Phi) is 4.80. The summed E-state index contributed by atoms with van der Waals surface area (Å²) in [5, 5.41) is 11.1. The molecule has 0 saturated carbocycles. The molecule has 1 aromatic heterocycles. The number of rotatable bonds is 5. The van der Waals surface area contributed by atoms with Gasteiger partial charge in [0.25, 0.3) is 0 Å². The van der Waals surface area contributed by atoms with E-state index in [-0.39, 0.29) is 5.91 Å². The zero-order valence-corrected chi connectivity index (χ0v) is 13.1. The van der Waals surface area contributed by atoms with Crippen molar-refractivity contribution in [1.29, 1.82) is 0 Å². The van der Waals surface area contributed by atoms with E-state index in [9.17, 15) is 4.79 Å². The lowest BCUT2D eigenvalue weighted by Crippen LogP contribution is -2.40. The predicted molar refractivity (Wildman–Crippen MR) is 87.0 cm³/mol. The van der Waals surface area contributed by atoms with Crippen LogP contribution in [-0.2, 0) is 11.2 Å².